The van der Waals surface area contributed by atoms with E-state index in [-0.39, 0.29) is 52.9 Å². The Morgan fingerprint density at radius 3 is 0.618 bits per heavy atom. The highest BCUT2D eigenvalue weighted by molar-refractivity contribution is 5.78. The predicted octanol–water partition coefficient (Wildman–Crippen LogP) is 7.14. The summed E-state index contributed by atoms with van der Waals surface area (Å²) < 4.78 is 403. The van der Waals surface area contributed by atoms with Crippen molar-refractivity contribution in [3.8, 4) is 0 Å². The maximum Gasteiger partial charge on any atom is 0.462 e. The van der Waals surface area contributed by atoms with E-state index in [1.165, 1.54) is 4.74 Å². The molecule has 89 heavy (non-hydrogen) atoms. The highest BCUT2D eigenvalue weighted by atomic mass is 19.4. The molecule has 0 aromatic rings. The first kappa shape index (κ1) is 86.1. The standard InChI is InChI=1S/C45H67F23O21/c1-70-2-3-71-4-5-72-6-7-73-8-9-74-10-11-75-12-13-76-14-15-77-16-17-78-18-19-79-20-21-80-22-23-81-24-25-82-26-27-83-28-29-84-30-31-85-32-33-86-34(69)35(46,39(51,52)53)87-44(65,66)37(49,41(57,58)59)89-45(67,68)38(50,42(60,61)62)88-43(63,64)36(47,48)40(54,55)56/h2-33H2,1H3. The molecular weight excluding hydrogens is 1310 g/mol. The summed E-state index contributed by atoms with van der Waals surface area (Å²) in [5.74, 6) is -37.0. The summed E-state index contributed by atoms with van der Waals surface area (Å²) in [5, 5.41) is 0. The second-order valence-electron chi connectivity index (χ2n) is 16.5. The quantitative estimate of drug-likeness (QED) is 0.0338. The van der Waals surface area contributed by atoms with E-state index in [9.17, 15) is 106 Å². The van der Waals surface area contributed by atoms with Gasteiger partial charge in [-0.3, -0.25) is 14.2 Å². The van der Waals surface area contributed by atoms with Crippen LogP contribution in [0, 0.1) is 0 Å². The minimum atomic E-state index is -8.81. The van der Waals surface area contributed by atoms with Gasteiger partial charge in [-0.05, 0) is 0 Å². The maximum absolute atomic E-state index is 14.8. The van der Waals surface area contributed by atoms with Gasteiger partial charge in [0.05, 0.1) is 205 Å². The average Bonchev–Trinajstić information content (AvgIpc) is 0.859. The summed E-state index contributed by atoms with van der Waals surface area (Å²) in [6.07, 6.45) is -58.1. The molecule has 3 unspecified atom stereocenters. The lowest BCUT2D eigenvalue weighted by Gasteiger charge is -2.42. The van der Waals surface area contributed by atoms with Gasteiger partial charge in [-0.1, -0.05) is 0 Å². The first-order valence-electron chi connectivity index (χ1n) is 25.6. The van der Waals surface area contributed by atoms with Crippen molar-refractivity contribution in [1.29, 1.82) is 0 Å². The average molecular weight is 1380 g/mol. The van der Waals surface area contributed by atoms with Crippen LogP contribution in [0.5, 0.6) is 0 Å². The third-order valence-electron chi connectivity index (χ3n) is 9.73. The molecule has 0 aliphatic heterocycles. The van der Waals surface area contributed by atoms with E-state index >= 15 is 0 Å². The Labute approximate surface area is 491 Å². The third kappa shape index (κ3) is 32.7. The van der Waals surface area contributed by atoms with Crippen molar-refractivity contribution in [2.45, 2.75) is 66.5 Å². The Morgan fingerprint density at radius 1 is 0.236 bits per heavy atom. The number of esters is 1. The fourth-order valence-corrected chi connectivity index (χ4v) is 5.28. The molecule has 0 amide bonds. The summed E-state index contributed by atoms with van der Waals surface area (Å²) in [5.41, 5.74) is 0. The molecule has 0 aromatic heterocycles. The summed E-state index contributed by atoms with van der Waals surface area (Å²) in [4.78, 5) is 11.8. The van der Waals surface area contributed by atoms with Crippen LogP contribution in [0.4, 0.5) is 101 Å². The zero-order valence-electron chi connectivity index (χ0n) is 46.9. The lowest BCUT2D eigenvalue weighted by atomic mass is 10.2. The second kappa shape index (κ2) is 43.2. The number of hydrogen-bond donors (Lipinski definition) is 0. The summed E-state index contributed by atoms with van der Waals surface area (Å²) in [7, 11) is 1.60. The number of hydrogen-bond acceptors (Lipinski definition) is 21. The van der Waals surface area contributed by atoms with E-state index in [1.54, 1.807) is 11.8 Å². The summed E-state index contributed by atoms with van der Waals surface area (Å²) in [6.45, 7) is 5.11. The van der Waals surface area contributed by atoms with Crippen molar-refractivity contribution < 1.29 is 201 Å². The van der Waals surface area contributed by atoms with Gasteiger partial charge in [-0.15, -0.1) is 0 Å². The van der Waals surface area contributed by atoms with Crippen molar-refractivity contribution >= 4 is 5.97 Å². The third-order valence-corrected chi connectivity index (χ3v) is 9.73. The molecule has 0 saturated carbocycles. The van der Waals surface area contributed by atoms with Gasteiger partial charge < -0.3 is 80.5 Å². The van der Waals surface area contributed by atoms with Crippen LogP contribution in [0.25, 0.3) is 0 Å². The molecule has 0 spiro atoms. The molecule has 0 fully saturated rings. The van der Waals surface area contributed by atoms with Gasteiger partial charge in [0, 0.05) is 7.11 Å². The number of alkyl halides is 23. The van der Waals surface area contributed by atoms with Crippen LogP contribution in [0.1, 0.15) is 0 Å². The van der Waals surface area contributed by atoms with Crippen molar-refractivity contribution in [2.75, 3.05) is 219 Å². The smallest absolute Gasteiger partial charge is 0.459 e. The number of ether oxygens (including phenoxy) is 20. The molecule has 534 valence electrons. The van der Waals surface area contributed by atoms with Crippen LogP contribution in [0.15, 0.2) is 0 Å². The van der Waals surface area contributed by atoms with Gasteiger partial charge in [0.1, 0.15) is 6.61 Å². The van der Waals surface area contributed by atoms with Gasteiger partial charge in [0.2, 0.25) is 0 Å². The Balaban J connectivity index is 4.18. The van der Waals surface area contributed by atoms with Crippen LogP contribution in [-0.2, 0) is 99.5 Å². The fourth-order valence-electron chi connectivity index (χ4n) is 5.28. The van der Waals surface area contributed by atoms with Gasteiger partial charge in [-0.25, -0.2) is 4.79 Å². The summed E-state index contributed by atoms with van der Waals surface area (Å²) in [6, 6.07) is 0. The Morgan fingerprint density at radius 2 is 0.427 bits per heavy atom. The number of carbonyl (C=O) groups excluding carboxylic acids is 1. The number of carbonyl (C=O) groups is 1. The molecule has 0 aromatic carbocycles. The van der Waals surface area contributed by atoms with Crippen LogP contribution >= 0.6 is 0 Å². The molecule has 3 atom stereocenters. The van der Waals surface area contributed by atoms with Crippen LogP contribution in [0.2, 0.25) is 0 Å². The molecule has 44 heteroatoms. The lowest BCUT2D eigenvalue weighted by Crippen LogP contribution is -2.70. The summed E-state index contributed by atoms with van der Waals surface area (Å²) >= 11 is 0. The molecule has 0 rings (SSSR count). The zero-order chi connectivity index (χ0) is 67.8. The van der Waals surface area contributed by atoms with E-state index in [1.807, 2.05) is 0 Å². The molecule has 0 aliphatic carbocycles. The van der Waals surface area contributed by atoms with Gasteiger partial charge in [-0.2, -0.15) is 101 Å². The predicted molar refractivity (Wildman–Crippen MR) is 244 cm³/mol. The first-order valence-corrected chi connectivity index (χ1v) is 25.6. The second-order valence-corrected chi connectivity index (χ2v) is 16.5. The maximum atomic E-state index is 14.8. The van der Waals surface area contributed by atoms with Crippen LogP contribution in [-0.4, -0.2) is 291 Å². The van der Waals surface area contributed by atoms with Gasteiger partial charge >= 0.3 is 72.5 Å². The molecule has 21 nitrogen and oxygen atoms in total. The zero-order valence-corrected chi connectivity index (χ0v) is 46.9. The topological polar surface area (TPSA) is 202 Å². The minimum Gasteiger partial charge on any atom is -0.459 e. The molecule has 0 radical (unpaired) electrons. The van der Waals surface area contributed by atoms with E-state index in [4.69, 9.17) is 71.1 Å². The van der Waals surface area contributed by atoms with E-state index in [2.05, 4.69) is 9.47 Å². The Kier molecular flexibility index (Phi) is 41.7. The number of rotatable bonds is 58. The van der Waals surface area contributed by atoms with E-state index < -0.39 is 98.9 Å². The largest absolute Gasteiger partial charge is 0.462 e. The molecule has 0 bridgehead atoms. The van der Waals surface area contributed by atoms with E-state index in [0.29, 0.717) is 132 Å². The normalized spacial score (nSPS) is 15.6. The van der Waals surface area contributed by atoms with Crippen molar-refractivity contribution in [1.82, 2.24) is 0 Å². The molecule has 0 saturated heterocycles. The monoisotopic (exact) mass is 1380 g/mol. The van der Waals surface area contributed by atoms with Crippen molar-refractivity contribution in [3.63, 3.8) is 0 Å². The van der Waals surface area contributed by atoms with Crippen LogP contribution < -0.4 is 0 Å². The minimum absolute atomic E-state index is 0.0413. The van der Waals surface area contributed by atoms with Gasteiger partial charge in [0.15, 0.2) is 0 Å². The fraction of sp³-hybridized carbons (Fsp3) is 0.978. The SMILES string of the molecule is COCCOCCOCCOCCOCCOCCOCCOCCOCCOCCOCCOCCOCCOCCOCCOCCOC(=O)C(F)(OC(F)(F)C(F)(OC(F)(F)C(F)(OC(F)(F)C(F)(F)C(F)(F)F)C(F)(F)F)C(F)(F)F)C(F)(F)F. The van der Waals surface area contributed by atoms with E-state index in [0.717, 1.165) is 4.74 Å². The lowest BCUT2D eigenvalue weighted by molar-refractivity contribution is -0.578. The Hall–Kier alpha value is -2.90. The molecule has 0 heterocycles. The van der Waals surface area contributed by atoms with Crippen molar-refractivity contribution in [3.05, 3.63) is 0 Å². The molecule has 0 aliphatic rings. The van der Waals surface area contributed by atoms with Crippen molar-refractivity contribution in [2.24, 2.45) is 0 Å². The first-order chi connectivity index (χ1) is 41.4. The number of methoxy groups -OCH3 is 1. The molecule has 0 N–H and O–H groups in total. The highest BCUT2D eigenvalue weighted by Crippen LogP contribution is 2.59. The molecular formula is C45H67F23O21. The Bertz CT molecular complexity index is 1800. The highest BCUT2D eigenvalue weighted by Gasteiger charge is 2.88. The van der Waals surface area contributed by atoms with Crippen LogP contribution in [0.3, 0.4) is 0 Å². The number of halogens is 23. The van der Waals surface area contributed by atoms with Gasteiger partial charge in [0.25, 0.3) is 0 Å².